The Balaban J connectivity index is 1.98. The summed E-state index contributed by atoms with van der Waals surface area (Å²) in [5.74, 6) is 1.63. The van der Waals surface area contributed by atoms with Crippen molar-refractivity contribution in [1.29, 1.82) is 0 Å². The SMILES string of the molecule is CN(CO)CCc1ccc2c(c1)OCO2. The summed E-state index contributed by atoms with van der Waals surface area (Å²) in [7, 11) is 1.88. The molecule has 4 nitrogen and oxygen atoms in total. The van der Waals surface area contributed by atoms with Gasteiger partial charge in [0.05, 0.1) is 6.73 Å². The minimum atomic E-state index is 0.0878. The van der Waals surface area contributed by atoms with Crippen LogP contribution in [-0.4, -0.2) is 37.1 Å². The van der Waals surface area contributed by atoms with Crippen molar-refractivity contribution in [2.45, 2.75) is 6.42 Å². The molecule has 0 fully saturated rings. The van der Waals surface area contributed by atoms with Crippen molar-refractivity contribution in [3.05, 3.63) is 23.8 Å². The van der Waals surface area contributed by atoms with Crippen LogP contribution in [0.15, 0.2) is 18.2 Å². The number of ether oxygens (including phenoxy) is 2. The lowest BCUT2D eigenvalue weighted by Crippen LogP contribution is -2.21. The number of aliphatic hydroxyl groups excluding tert-OH is 1. The lowest BCUT2D eigenvalue weighted by atomic mass is 10.1. The van der Waals surface area contributed by atoms with Crippen LogP contribution in [0.3, 0.4) is 0 Å². The van der Waals surface area contributed by atoms with E-state index in [0.29, 0.717) is 6.79 Å². The first-order chi connectivity index (χ1) is 7.29. The topological polar surface area (TPSA) is 41.9 Å². The van der Waals surface area contributed by atoms with E-state index in [4.69, 9.17) is 14.6 Å². The average molecular weight is 209 g/mol. The van der Waals surface area contributed by atoms with Crippen molar-refractivity contribution in [3.8, 4) is 11.5 Å². The summed E-state index contributed by atoms with van der Waals surface area (Å²) in [4.78, 5) is 1.85. The van der Waals surface area contributed by atoms with Gasteiger partial charge in [-0.05, 0) is 31.2 Å². The number of fused-ring (bicyclic) bond motifs is 1. The third-order valence-electron chi connectivity index (χ3n) is 2.46. The van der Waals surface area contributed by atoms with E-state index in [2.05, 4.69) is 0 Å². The van der Waals surface area contributed by atoms with Gasteiger partial charge in [0, 0.05) is 6.54 Å². The van der Waals surface area contributed by atoms with Gasteiger partial charge in [-0.25, -0.2) is 0 Å². The summed E-state index contributed by atoms with van der Waals surface area (Å²) in [5, 5.41) is 8.85. The molecule has 1 aromatic carbocycles. The van der Waals surface area contributed by atoms with Crippen LogP contribution in [0.5, 0.6) is 11.5 Å². The second-order valence-corrected chi connectivity index (χ2v) is 3.66. The maximum Gasteiger partial charge on any atom is 0.231 e. The number of nitrogens with zero attached hydrogens (tertiary/aromatic N) is 1. The number of aliphatic hydroxyl groups is 1. The first-order valence-corrected chi connectivity index (χ1v) is 4.97. The number of rotatable bonds is 4. The molecule has 1 aliphatic heterocycles. The second-order valence-electron chi connectivity index (χ2n) is 3.66. The van der Waals surface area contributed by atoms with Gasteiger partial charge in [0.15, 0.2) is 11.5 Å². The lowest BCUT2D eigenvalue weighted by molar-refractivity contribution is 0.134. The van der Waals surface area contributed by atoms with Crippen LogP contribution in [0.1, 0.15) is 5.56 Å². The molecule has 0 bridgehead atoms. The largest absolute Gasteiger partial charge is 0.454 e. The molecule has 0 saturated heterocycles. The van der Waals surface area contributed by atoms with Crippen molar-refractivity contribution < 1.29 is 14.6 Å². The van der Waals surface area contributed by atoms with Crippen LogP contribution in [0, 0.1) is 0 Å². The van der Waals surface area contributed by atoms with Gasteiger partial charge in [-0.2, -0.15) is 0 Å². The Kier molecular flexibility index (Phi) is 3.08. The highest BCUT2D eigenvalue weighted by molar-refractivity contribution is 5.44. The van der Waals surface area contributed by atoms with Crippen molar-refractivity contribution in [2.24, 2.45) is 0 Å². The minimum absolute atomic E-state index is 0.0878. The fourth-order valence-corrected chi connectivity index (χ4v) is 1.49. The maximum atomic E-state index is 8.85. The summed E-state index contributed by atoms with van der Waals surface area (Å²) in [5.41, 5.74) is 1.19. The highest BCUT2D eigenvalue weighted by Crippen LogP contribution is 2.32. The number of hydrogen-bond acceptors (Lipinski definition) is 4. The van der Waals surface area contributed by atoms with Crippen molar-refractivity contribution in [2.75, 3.05) is 27.1 Å². The minimum Gasteiger partial charge on any atom is -0.454 e. The fourth-order valence-electron chi connectivity index (χ4n) is 1.49. The van der Waals surface area contributed by atoms with E-state index in [-0.39, 0.29) is 6.73 Å². The van der Waals surface area contributed by atoms with E-state index < -0.39 is 0 Å². The lowest BCUT2D eigenvalue weighted by Gasteiger charge is -2.12. The molecule has 0 aliphatic carbocycles. The fraction of sp³-hybridized carbons (Fsp3) is 0.455. The van der Waals surface area contributed by atoms with Crippen LogP contribution in [-0.2, 0) is 6.42 Å². The number of likely N-dealkylation sites (N-methyl/N-ethyl adjacent to an activating group) is 1. The van der Waals surface area contributed by atoms with E-state index in [1.165, 1.54) is 5.56 Å². The van der Waals surface area contributed by atoms with Gasteiger partial charge in [-0.15, -0.1) is 0 Å². The molecule has 2 rings (SSSR count). The van der Waals surface area contributed by atoms with Gasteiger partial charge in [0.2, 0.25) is 6.79 Å². The molecule has 4 heteroatoms. The van der Waals surface area contributed by atoms with Gasteiger partial charge in [-0.1, -0.05) is 6.07 Å². The molecule has 0 aromatic heterocycles. The maximum absolute atomic E-state index is 8.85. The van der Waals surface area contributed by atoms with Crippen molar-refractivity contribution >= 4 is 0 Å². The Bertz CT molecular complexity index is 341. The molecule has 1 N–H and O–H groups in total. The van der Waals surface area contributed by atoms with Crippen LogP contribution >= 0.6 is 0 Å². The third-order valence-corrected chi connectivity index (χ3v) is 2.46. The molecule has 1 aliphatic rings. The Morgan fingerprint density at radius 2 is 2.13 bits per heavy atom. The van der Waals surface area contributed by atoms with E-state index in [9.17, 15) is 0 Å². The van der Waals surface area contributed by atoms with E-state index in [1.54, 1.807) is 0 Å². The van der Waals surface area contributed by atoms with Crippen molar-refractivity contribution in [3.63, 3.8) is 0 Å². The predicted octanol–water partition coefficient (Wildman–Crippen LogP) is 0.839. The van der Waals surface area contributed by atoms with E-state index in [1.807, 2.05) is 30.1 Å². The number of benzene rings is 1. The molecule has 0 radical (unpaired) electrons. The summed E-state index contributed by atoms with van der Waals surface area (Å²) in [6.45, 7) is 1.23. The zero-order chi connectivity index (χ0) is 10.7. The Hall–Kier alpha value is -1.26. The molecule has 0 unspecified atom stereocenters. The molecule has 15 heavy (non-hydrogen) atoms. The summed E-state index contributed by atoms with van der Waals surface area (Å²) in [6.07, 6.45) is 0.897. The number of hydrogen-bond donors (Lipinski definition) is 1. The highest BCUT2D eigenvalue weighted by Gasteiger charge is 2.12. The molecule has 82 valence electrons. The van der Waals surface area contributed by atoms with E-state index >= 15 is 0 Å². The Labute approximate surface area is 89.0 Å². The van der Waals surface area contributed by atoms with Gasteiger partial charge in [0.1, 0.15) is 0 Å². The van der Waals surface area contributed by atoms with Crippen LogP contribution < -0.4 is 9.47 Å². The average Bonchev–Trinajstić information content (AvgIpc) is 2.72. The summed E-state index contributed by atoms with van der Waals surface area (Å²) in [6, 6.07) is 5.95. The zero-order valence-electron chi connectivity index (χ0n) is 8.77. The molecular weight excluding hydrogens is 194 g/mol. The molecule has 0 spiro atoms. The smallest absolute Gasteiger partial charge is 0.231 e. The van der Waals surface area contributed by atoms with Crippen molar-refractivity contribution in [1.82, 2.24) is 4.90 Å². The zero-order valence-corrected chi connectivity index (χ0v) is 8.77. The molecule has 0 atom stereocenters. The van der Waals surface area contributed by atoms with Crippen LogP contribution in [0.2, 0.25) is 0 Å². The van der Waals surface area contributed by atoms with Gasteiger partial charge < -0.3 is 14.6 Å². The van der Waals surface area contributed by atoms with Gasteiger partial charge in [-0.3, -0.25) is 4.90 Å². The normalized spacial score (nSPS) is 13.5. The van der Waals surface area contributed by atoms with Gasteiger partial charge in [0.25, 0.3) is 0 Å². The van der Waals surface area contributed by atoms with Crippen LogP contribution in [0.25, 0.3) is 0 Å². The highest BCUT2D eigenvalue weighted by atomic mass is 16.7. The predicted molar refractivity (Wildman–Crippen MR) is 56.0 cm³/mol. The monoisotopic (exact) mass is 209 g/mol. The van der Waals surface area contributed by atoms with Crippen LogP contribution in [0.4, 0.5) is 0 Å². The molecular formula is C11H15NO3. The summed E-state index contributed by atoms with van der Waals surface area (Å²) < 4.78 is 10.5. The quantitative estimate of drug-likeness (QED) is 0.746. The first-order valence-electron chi connectivity index (χ1n) is 4.97. The molecule has 0 amide bonds. The van der Waals surface area contributed by atoms with E-state index in [0.717, 1.165) is 24.5 Å². The Morgan fingerprint density at radius 1 is 1.33 bits per heavy atom. The van der Waals surface area contributed by atoms with Gasteiger partial charge >= 0.3 is 0 Å². The second kappa shape index (κ2) is 4.51. The molecule has 1 aromatic rings. The first kappa shape index (κ1) is 10.3. The molecule has 1 heterocycles. The Morgan fingerprint density at radius 3 is 2.93 bits per heavy atom. The standard InChI is InChI=1S/C11H15NO3/c1-12(7-13)5-4-9-2-3-10-11(6-9)15-8-14-10/h2-3,6,13H,4-5,7-8H2,1H3. The summed E-state index contributed by atoms with van der Waals surface area (Å²) >= 11 is 0. The molecule has 0 saturated carbocycles. The third kappa shape index (κ3) is 2.40.